The summed E-state index contributed by atoms with van der Waals surface area (Å²) < 4.78 is 31.4. The maximum Gasteiger partial charge on any atom is 0.122 e. The predicted octanol–water partition coefficient (Wildman–Crippen LogP) is -1.47. The molecule has 1 aromatic rings. The molecule has 0 unspecified atom stereocenters. The summed E-state index contributed by atoms with van der Waals surface area (Å²) in [4.78, 5) is 43.3. The van der Waals surface area contributed by atoms with Gasteiger partial charge in [-0.15, -0.1) is 0 Å². The van der Waals surface area contributed by atoms with Crippen molar-refractivity contribution < 1.29 is 38.2 Å². The minimum atomic E-state index is -4.83. The Morgan fingerprint density at radius 1 is 0.850 bits per heavy atom. The average molecular weight is 322 g/mol. The molecule has 20 heavy (non-hydrogen) atoms. The molecule has 0 aliphatic heterocycles. The Labute approximate surface area is 115 Å². The molecule has 0 N–H and O–H groups in total. The summed E-state index contributed by atoms with van der Waals surface area (Å²) in [5.74, 6) is 0.00218. The highest BCUT2D eigenvalue weighted by atomic mass is 31.2. The van der Waals surface area contributed by atoms with E-state index < -0.39 is 27.5 Å². The van der Waals surface area contributed by atoms with Crippen molar-refractivity contribution in [3.05, 3.63) is 23.3 Å². The van der Waals surface area contributed by atoms with Crippen LogP contribution in [0.2, 0.25) is 0 Å². The zero-order chi connectivity index (χ0) is 15.6. The fourth-order valence-electron chi connectivity index (χ4n) is 1.69. The SMILES string of the molecule is COc1cc(CP(=O)([O-])[O-])c(OC)cc1CP(=O)([O-])[O-]. The van der Waals surface area contributed by atoms with Gasteiger partial charge in [0.15, 0.2) is 0 Å². The van der Waals surface area contributed by atoms with Gasteiger partial charge in [-0.2, -0.15) is 0 Å². The van der Waals surface area contributed by atoms with E-state index in [4.69, 9.17) is 9.47 Å². The van der Waals surface area contributed by atoms with Gasteiger partial charge in [-0.25, -0.2) is 0 Å². The minimum absolute atomic E-state index is 0.00109. The van der Waals surface area contributed by atoms with E-state index >= 15 is 0 Å². The summed E-state index contributed by atoms with van der Waals surface area (Å²) in [6, 6.07) is 2.35. The van der Waals surface area contributed by atoms with Crippen molar-refractivity contribution in [1.82, 2.24) is 0 Å². The minimum Gasteiger partial charge on any atom is -0.810 e. The molecule has 0 fully saturated rings. The monoisotopic (exact) mass is 322 g/mol. The van der Waals surface area contributed by atoms with E-state index in [2.05, 4.69) is 0 Å². The third-order valence-electron chi connectivity index (χ3n) is 2.41. The first-order chi connectivity index (χ1) is 9.05. The molecule has 0 saturated carbocycles. The summed E-state index contributed by atoms with van der Waals surface area (Å²) >= 11 is 0. The third-order valence-corrected chi connectivity index (χ3v) is 3.87. The Morgan fingerprint density at radius 2 is 1.15 bits per heavy atom. The molecule has 0 aliphatic rings. The highest BCUT2D eigenvalue weighted by Crippen LogP contribution is 2.41. The summed E-state index contributed by atoms with van der Waals surface area (Å²) in [6.07, 6.45) is -1.61. The molecule has 0 heterocycles. The summed E-state index contributed by atoms with van der Waals surface area (Å²) in [5.41, 5.74) is 0.0705. The van der Waals surface area contributed by atoms with Crippen molar-refractivity contribution in [1.29, 1.82) is 0 Å². The normalized spacial score (nSPS) is 12.3. The highest BCUT2D eigenvalue weighted by Gasteiger charge is 2.13. The Morgan fingerprint density at radius 3 is 1.35 bits per heavy atom. The Bertz CT molecular complexity index is 521. The molecule has 0 amide bonds. The van der Waals surface area contributed by atoms with Gasteiger partial charge in [0.1, 0.15) is 11.5 Å². The van der Waals surface area contributed by atoms with E-state index in [1.54, 1.807) is 0 Å². The number of rotatable bonds is 6. The number of hydrogen-bond acceptors (Lipinski definition) is 8. The van der Waals surface area contributed by atoms with Gasteiger partial charge in [0.05, 0.1) is 14.2 Å². The van der Waals surface area contributed by atoms with Crippen LogP contribution in [0.5, 0.6) is 11.5 Å². The van der Waals surface area contributed by atoms with E-state index in [1.807, 2.05) is 0 Å². The van der Waals surface area contributed by atoms with Crippen LogP contribution in [0.1, 0.15) is 11.1 Å². The van der Waals surface area contributed by atoms with Crippen LogP contribution in [0.15, 0.2) is 12.1 Å². The van der Waals surface area contributed by atoms with Gasteiger partial charge in [-0.05, 0) is 12.1 Å². The van der Waals surface area contributed by atoms with Crippen LogP contribution >= 0.6 is 15.2 Å². The second-order valence-electron chi connectivity index (χ2n) is 4.01. The first kappa shape index (κ1) is 17.2. The molecule has 8 nitrogen and oxygen atoms in total. The lowest BCUT2D eigenvalue weighted by atomic mass is 10.1. The van der Waals surface area contributed by atoms with E-state index in [0.29, 0.717) is 0 Å². The molecule has 0 bridgehead atoms. The largest absolute Gasteiger partial charge is 0.810 e. The topological polar surface area (TPSA) is 145 Å². The third kappa shape index (κ3) is 5.25. The van der Waals surface area contributed by atoms with Gasteiger partial charge < -0.3 is 38.2 Å². The molecule has 1 rings (SSSR count). The van der Waals surface area contributed by atoms with E-state index in [9.17, 15) is 28.7 Å². The molecular formula is C10H12O8P2-4. The lowest BCUT2D eigenvalue weighted by Crippen LogP contribution is -2.17. The quantitative estimate of drug-likeness (QED) is 0.577. The van der Waals surface area contributed by atoms with Gasteiger partial charge in [0.25, 0.3) is 0 Å². The first-order valence-corrected chi connectivity index (χ1v) is 8.77. The smallest absolute Gasteiger partial charge is 0.122 e. The Hall–Kier alpha value is -0.880. The standard InChI is InChI=1S/C10H16O8P2/c1-17-9-3-8(6-20(14,15)16)10(18-2)4-7(9)5-19(11,12)13/h3-4H,5-6H2,1-2H3,(H2,11,12,13)(H2,14,15,16)/p-4. The summed E-state index contributed by atoms with van der Waals surface area (Å²) in [5, 5.41) is 0. The molecule has 114 valence electrons. The first-order valence-electron chi connectivity index (χ1n) is 5.31. The second-order valence-corrected chi connectivity index (χ2v) is 7.09. The van der Waals surface area contributed by atoms with E-state index in [-0.39, 0.29) is 22.6 Å². The fraction of sp³-hybridized carbons (Fsp3) is 0.400. The zero-order valence-electron chi connectivity index (χ0n) is 10.7. The van der Waals surface area contributed by atoms with Crippen molar-refractivity contribution in [2.75, 3.05) is 14.2 Å². The van der Waals surface area contributed by atoms with Crippen LogP contribution in [-0.2, 0) is 21.5 Å². The van der Waals surface area contributed by atoms with Crippen LogP contribution in [0.4, 0.5) is 0 Å². The van der Waals surface area contributed by atoms with Crippen LogP contribution in [0, 0.1) is 0 Å². The number of ether oxygens (including phenoxy) is 2. The van der Waals surface area contributed by atoms with Gasteiger partial charge in [0.2, 0.25) is 0 Å². The maximum absolute atomic E-state index is 10.8. The molecule has 0 aromatic heterocycles. The van der Waals surface area contributed by atoms with Crippen molar-refractivity contribution in [3.8, 4) is 11.5 Å². The molecule has 0 spiro atoms. The lowest BCUT2D eigenvalue weighted by Gasteiger charge is -2.32. The second kappa shape index (κ2) is 6.26. The van der Waals surface area contributed by atoms with Crippen LogP contribution in [-0.4, -0.2) is 14.2 Å². The van der Waals surface area contributed by atoms with E-state index in [0.717, 1.165) is 0 Å². The summed E-state index contributed by atoms with van der Waals surface area (Å²) in [6.45, 7) is 0. The maximum atomic E-state index is 10.8. The molecular weight excluding hydrogens is 310 g/mol. The number of hydrogen-bond donors (Lipinski definition) is 0. The van der Waals surface area contributed by atoms with Crippen LogP contribution < -0.4 is 29.0 Å². The Balaban J connectivity index is 3.30. The average Bonchev–Trinajstić information content (AvgIpc) is 2.26. The molecule has 0 atom stereocenters. The van der Waals surface area contributed by atoms with Crippen molar-refractivity contribution in [2.45, 2.75) is 12.3 Å². The van der Waals surface area contributed by atoms with Gasteiger partial charge in [0, 0.05) is 23.5 Å². The van der Waals surface area contributed by atoms with Gasteiger partial charge >= 0.3 is 0 Å². The molecule has 1 aromatic carbocycles. The van der Waals surface area contributed by atoms with Crippen molar-refractivity contribution >= 4 is 15.2 Å². The molecule has 0 saturated heterocycles. The summed E-state index contributed by atoms with van der Waals surface area (Å²) in [7, 11) is -7.20. The van der Waals surface area contributed by atoms with Gasteiger partial charge in [-0.3, -0.25) is 0 Å². The van der Waals surface area contributed by atoms with Crippen molar-refractivity contribution in [2.24, 2.45) is 0 Å². The zero-order valence-corrected chi connectivity index (χ0v) is 12.5. The predicted molar refractivity (Wildman–Crippen MR) is 62.2 cm³/mol. The lowest BCUT2D eigenvalue weighted by molar-refractivity contribution is -0.316. The molecule has 0 aliphatic carbocycles. The van der Waals surface area contributed by atoms with Crippen molar-refractivity contribution in [3.63, 3.8) is 0 Å². The molecule has 10 heteroatoms. The highest BCUT2D eigenvalue weighted by molar-refractivity contribution is 7.48. The Kier molecular flexibility index (Phi) is 5.38. The van der Waals surface area contributed by atoms with Crippen LogP contribution in [0.25, 0.3) is 0 Å². The van der Waals surface area contributed by atoms with Crippen LogP contribution in [0.3, 0.4) is 0 Å². The number of benzene rings is 1. The van der Waals surface area contributed by atoms with E-state index in [1.165, 1.54) is 26.4 Å². The molecule has 0 radical (unpaired) electrons. The fourth-order valence-corrected chi connectivity index (χ4v) is 3.02. The van der Waals surface area contributed by atoms with Gasteiger partial charge in [-0.1, -0.05) is 15.2 Å². The number of methoxy groups -OCH3 is 2.